The standard InChI is InChI=1S/C28H37FN2O5/c1-18(2)13-14-31(27(33)34)21-12-11-20-15-23(35-17-19-9-7-6-8-10-19)25(24(29)22(20)16-21)30-26(32)36-28(3,4)5/h6-10,15,18,21H,11-14,16-17H2,1-5H3,(H,30,32)(H,33,34)/t21-/m1/s1. The largest absolute Gasteiger partial charge is 0.487 e. The van der Waals surface area contributed by atoms with E-state index in [0.717, 1.165) is 17.5 Å². The van der Waals surface area contributed by atoms with Gasteiger partial charge in [0.25, 0.3) is 0 Å². The number of carboxylic acid groups (broad SMARTS) is 1. The maximum absolute atomic E-state index is 16.0. The lowest BCUT2D eigenvalue weighted by Gasteiger charge is -2.34. The lowest BCUT2D eigenvalue weighted by Crippen LogP contribution is -2.43. The Balaban J connectivity index is 1.92. The number of amides is 2. The number of aryl methyl sites for hydroxylation is 1. The van der Waals surface area contributed by atoms with E-state index in [2.05, 4.69) is 5.32 Å². The van der Waals surface area contributed by atoms with E-state index in [0.29, 0.717) is 30.9 Å². The molecule has 0 spiro atoms. The zero-order chi connectivity index (χ0) is 26.5. The van der Waals surface area contributed by atoms with Gasteiger partial charge in [-0.15, -0.1) is 0 Å². The minimum Gasteiger partial charge on any atom is -0.487 e. The van der Waals surface area contributed by atoms with Gasteiger partial charge >= 0.3 is 12.2 Å². The van der Waals surface area contributed by atoms with Gasteiger partial charge in [0.05, 0.1) is 0 Å². The summed E-state index contributed by atoms with van der Waals surface area (Å²) in [5, 5.41) is 12.3. The number of fused-ring (bicyclic) bond motifs is 1. The molecule has 0 unspecified atom stereocenters. The smallest absolute Gasteiger partial charge is 0.412 e. The molecule has 0 saturated heterocycles. The van der Waals surface area contributed by atoms with Crippen LogP contribution in [0.5, 0.6) is 5.75 Å². The van der Waals surface area contributed by atoms with Gasteiger partial charge in [-0.05, 0) is 75.1 Å². The number of anilines is 1. The second kappa shape index (κ2) is 11.6. The fourth-order valence-electron chi connectivity index (χ4n) is 4.29. The Kier molecular flexibility index (Phi) is 8.82. The molecule has 0 heterocycles. The molecule has 7 nitrogen and oxygen atoms in total. The topological polar surface area (TPSA) is 88.1 Å². The van der Waals surface area contributed by atoms with Crippen LogP contribution in [0.4, 0.5) is 19.7 Å². The van der Waals surface area contributed by atoms with Crippen molar-refractivity contribution in [2.24, 2.45) is 5.92 Å². The van der Waals surface area contributed by atoms with E-state index in [9.17, 15) is 14.7 Å². The number of halogens is 1. The molecular formula is C28H37FN2O5. The fraction of sp³-hybridized carbons (Fsp3) is 0.500. The third kappa shape index (κ3) is 7.35. The summed E-state index contributed by atoms with van der Waals surface area (Å²) in [5.74, 6) is -0.0388. The molecule has 196 valence electrons. The summed E-state index contributed by atoms with van der Waals surface area (Å²) in [5.41, 5.74) is 1.21. The zero-order valence-corrected chi connectivity index (χ0v) is 21.8. The molecule has 1 aliphatic rings. The predicted molar refractivity (Wildman–Crippen MR) is 137 cm³/mol. The van der Waals surface area contributed by atoms with E-state index in [1.54, 1.807) is 26.8 Å². The first-order valence-corrected chi connectivity index (χ1v) is 12.4. The van der Waals surface area contributed by atoms with Crippen LogP contribution in [0.1, 0.15) is 64.2 Å². The highest BCUT2D eigenvalue weighted by atomic mass is 19.1. The second-order valence-corrected chi connectivity index (χ2v) is 10.7. The number of nitrogens with one attached hydrogen (secondary N) is 1. The molecule has 2 amide bonds. The van der Waals surface area contributed by atoms with Crippen molar-refractivity contribution in [1.82, 2.24) is 4.90 Å². The third-order valence-electron chi connectivity index (χ3n) is 6.11. The van der Waals surface area contributed by atoms with Gasteiger partial charge in [-0.1, -0.05) is 44.2 Å². The van der Waals surface area contributed by atoms with Crippen LogP contribution in [0.25, 0.3) is 0 Å². The number of rotatable bonds is 8. The molecule has 2 N–H and O–H groups in total. The number of carbonyl (C=O) groups is 2. The number of nitrogens with zero attached hydrogens (tertiary/aromatic N) is 1. The van der Waals surface area contributed by atoms with Crippen molar-refractivity contribution in [3.63, 3.8) is 0 Å². The Morgan fingerprint density at radius 2 is 1.92 bits per heavy atom. The lowest BCUT2D eigenvalue weighted by molar-refractivity contribution is 0.0634. The molecule has 8 heteroatoms. The van der Waals surface area contributed by atoms with Crippen molar-refractivity contribution in [2.75, 3.05) is 11.9 Å². The molecule has 0 aromatic heterocycles. The molecule has 2 aromatic rings. The Morgan fingerprint density at radius 3 is 2.53 bits per heavy atom. The first-order valence-electron chi connectivity index (χ1n) is 12.4. The molecule has 3 rings (SSSR count). The zero-order valence-electron chi connectivity index (χ0n) is 21.8. The van der Waals surface area contributed by atoms with Crippen LogP contribution in [0.2, 0.25) is 0 Å². The molecule has 0 aliphatic heterocycles. The van der Waals surface area contributed by atoms with Gasteiger partial charge < -0.3 is 19.5 Å². The Morgan fingerprint density at radius 1 is 1.22 bits per heavy atom. The summed E-state index contributed by atoms with van der Waals surface area (Å²) in [7, 11) is 0. The Labute approximate surface area is 212 Å². The molecule has 0 saturated carbocycles. The SMILES string of the molecule is CC(C)CCN(C(=O)O)[C@@H]1CCc2cc(OCc3ccccc3)c(NC(=O)OC(C)(C)C)c(F)c2C1. The van der Waals surface area contributed by atoms with Crippen molar-refractivity contribution in [2.45, 2.75) is 78.6 Å². The summed E-state index contributed by atoms with van der Waals surface area (Å²) < 4.78 is 27.3. The first-order chi connectivity index (χ1) is 16.9. The van der Waals surface area contributed by atoms with Crippen molar-refractivity contribution in [1.29, 1.82) is 0 Å². The van der Waals surface area contributed by atoms with Gasteiger partial charge in [-0.25, -0.2) is 14.0 Å². The van der Waals surface area contributed by atoms with E-state index in [-0.39, 0.29) is 30.5 Å². The van der Waals surface area contributed by atoms with Gasteiger partial charge in [-0.2, -0.15) is 0 Å². The van der Waals surface area contributed by atoms with Gasteiger partial charge in [0.15, 0.2) is 5.82 Å². The molecule has 1 aliphatic carbocycles. The van der Waals surface area contributed by atoms with Crippen LogP contribution < -0.4 is 10.1 Å². The minimum absolute atomic E-state index is 0.0939. The summed E-state index contributed by atoms with van der Waals surface area (Å²) in [6, 6.07) is 10.9. The van der Waals surface area contributed by atoms with Crippen LogP contribution in [0.15, 0.2) is 36.4 Å². The molecular weight excluding hydrogens is 463 g/mol. The molecule has 0 bridgehead atoms. The summed E-state index contributed by atoms with van der Waals surface area (Å²) in [4.78, 5) is 25.9. The maximum Gasteiger partial charge on any atom is 0.412 e. The van der Waals surface area contributed by atoms with Gasteiger partial charge in [0, 0.05) is 12.6 Å². The third-order valence-corrected chi connectivity index (χ3v) is 6.11. The molecule has 36 heavy (non-hydrogen) atoms. The first kappa shape index (κ1) is 27.3. The van der Waals surface area contributed by atoms with Crippen molar-refractivity contribution < 1.29 is 28.6 Å². The molecule has 2 aromatic carbocycles. The van der Waals surface area contributed by atoms with E-state index in [1.807, 2.05) is 44.2 Å². The number of ether oxygens (including phenoxy) is 2. The predicted octanol–water partition coefficient (Wildman–Crippen LogP) is 6.64. The number of hydrogen-bond acceptors (Lipinski definition) is 4. The van der Waals surface area contributed by atoms with Gasteiger partial charge in [0.1, 0.15) is 23.6 Å². The average molecular weight is 501 g/mol. The van der Waals surface area contributed by atoms with E-state index in [1.165, 1.54) is 4.90 Å². The highest BCUT2D eigenvalue weighted by Crippen LogP contribution is 2.38. The van der Waals surface area contributed by atoms with Crippen molar-refractivity contribution >= 4 is 17.9 Å². The van der Waals surface area contributed by atoms with Crippen LogP contribution in [-0.4, -0.2) is 40.4 Å². The lowest BCUT2D eigenvalue weighted by atomic mass is 9.86. The highest BCUT2D eigenvalue weighted by molar-refractivity contribution is 5.87. The second-order valence-electron chi connectivity index (χ2n) is 10.7. The molecule has 1 atom stereocenters. The normalized spacial score (nSPS) is 15.2. The van der Waals surface area contributed by atoms with Crippen LogP contribution >= 0.6 is 0 Å². The monoisotopic (exact) mass is 500 g/mol. The fourth-order valence-corrected chi connectivity index (χ4v) is 4.29. The quantitative estimate of drug-likeness (QED) is 0.424. The highest BCUT2D eigenvalue weighted by Gasteiger charge is 2.32. The number of benzene rings is 2. The molecule has 0 fully saturated rings. The van der Waals surface area contributed by atoms with Crippen molar-refractivity contribution in [3.05, 3.63) is 58.9 Å². The van der Waals surface area contributed by atoms with E-state index < -0.39 is 23.6 Å². The summed E-state index contributed by atoms with van der Waals surface area (Å²) in [6.07, 6.45) is 0.273. The van der Waals surface area contributed by atoms with Crippen LogP contribution in [0, 0.1) is 11.7 Å². The van der Waals surface area contributed by atoms with E-state index in [4.69, 9.17) is 9.47 Å². The van der Waals surface area contributed by atoms with Crippen molar-refractivity contribution in [3.8, 4) is 5.75 Å². The maximum atomic E-state index is 16.0. The van der Waals surface area contributed by atoms with Gasteiger partial charge in [0.2, 0.25) is 0 Å². The molecule has 0 radical (unpaired) electrons. The average Bonchev–Trinajstić information content (AvgIpc) is 2.79. The summed E-state index contributed by atoms with van der Waals surface area (Å²) in [6.45, 7) is 9.87. The number of hydrogen-bond donors (Lipinski definition) is 2. The summed E-state index contributed by atoms with van der Waals surface area (Å²) >= 11 is 0. The Hall–Kier alpha value is -3.29. The van der Waals surface area contributed by atoms with Crippen LogP contribution in [-0.2, 0) is 24.2 Å². The Bertz CT molecular complexity index is 1070. The number of carbonyl (C=O) groups excluding carboxylic acids is 1. The van der Waals surface area contributed by atoms with Crippen LogP contribution in [0.3, 0.4) is 0 Å². The van der Waals surface area contributed by atoms with E-state index >= 15 is 4.39 Å². The minimum atomic E-state index is -1.00. The van der Waals surface area contributed by atoms with Gasteiger partial charge in [-0.3, -0.25) is 5.32 Å².